The monoisotopic (exact) mass is 540 g/mol. The molecule has 1 aliphatic rings. The van der Waals surface area contributed by atoms with E-state index in [4.69, 9.17) is 14.1 Å². The zero-order chi connectivity index (χ0) is 21.0. The first-order valence-corrected chi connectivity index (χ1v) is 10.7. The minimum atomic E-state index is 0. The van der Waals surface area contributed by atoms with Crippen LogP contribution < -0.4 is 15.4 Å². The lowest BCUT2D eigenvalue weighted by molar-refractivity contribution is -0.127. The Bertz CT molecular complexity index is 794. The highest BCUT2D eigenvalue weighted by molar-refractivity contribution is 14.0. The molecule has 0 bridgehead atoms. The van der Waals surface area contributed by atoms with E-state index >= 15 is 0 Å². The van der Waals surface area contributed by atoms with Crippen molar-refractivity contribution in [1.82, 2.24) is 15.5 Å². The molecule has 1 saturated heterocycles. The van der Waals surface area contributed by atoms with Gasteiger partial charge in [-0.1, -0.05) is 12.1 Å². The Morgan fingerprint density at radius 1 is 1.16 bits per heavy atom. The normalized spacial score (nSPS) is 13.8. The summed E-state index contributed by atoms with van der Waals surface area (Å²) in [5.41, 5.74) is 1.24. The van der Waals surface area contributed by atoms with E-state index in [1.807, 2.05) is 29.2 Å². The second kappa shape index (κ2) is 14.0. The van der Waals surface area contributed by atoms with Crippen molar-refractivity contribution in [2.24, 2.45) is 4.99 Å². The Hall–Kier alpha value is -2.23. The van der Waals surface area contributed by atoms with Gasteiger partial charge in [0.25, 0.3) is 0 Å². The predicted octanol–water partition coefficient (Wildman–Crippen LogP) is 3.24. The Morgan fingerprint density at radius 2 is 1.94 bits per heavy atom. The molecule has 7 nitrogen and oxygen atoms in total. The molecule has 2 N–H and O–H groups in total. The van der Waals surface area contributed by atoms with Gasteiger partial charge < -0.3 is 24.7 Å². The van der Waals surface area contributed by atoms with Crippen LogP contribution in [0.2, 0.25) is 0 Å². The molecule has 2 heterocycles. The number of carbonyl (C=O) groups is 1. The topological polar surface area (TPSA) is 79.1 Å². The summed E-state index contributed by atoms with van der Waals surface area (Å²) in [6.45, 7) is 3.88. The summed E-state index contributed by atoms with van der Waals surface area (Å²) in [6.07, 6.45) is 5.93. The first kappa shape index (κ1) is 25.0. The number of guanidine groups is 1. The lowest BCUT2D eigenvalue weighted by atomic mass is 10.1. The lowest BCUT2D eigenvalue weighted by Gasteiger charge is -2.15. The standard InChI is InChI=1S/C23H32N4O3.HI/c1-29-20-9-7-19(8-10-20)11-14-25-23(26-15-12-21-5-3-18-30-21)24-13-4-17-27-16-2-6-22(27)28;/h3,5,7-10,18H,2,4,6,11-17H2,1H3,(H2,24,25,26);1H. The number of hydrogen-bond donors (Lipinski definition) is 2. The fraction of sp³-hybridized carbons (Fsp3) is 0.478. The zero-order valence-corrected chi connectivity index (χ0v) is 20.5. The van der Waals surface area contributed by atoms with Gasteiger partial charge in [-0.25, -0.2) is 0 Å². The maximum absolute atomic E-state index is 11.7. The maximum atomic E-state index is 11.7. The third-order valence-electron chi connectivity index (χ3n) is 5.14. The van der Waals surface area contributed by atoms with Crippen molar-refractivity contribution in [2.45, 2.75) is 32.1 Å². The molecule has 0 atom stereocenters. The highest BCUT2D eigenvalue weighted by Crippen LogP contribution is 2.11. The molecule has 31 heavy (non-hydrogen) atoms. The van der Waals surface area contributed by atoms with Crippen LogP contribution in [0, 0.1) is 0 Å². The third kappa shape index (κ3) is 8.80. The maximum Gasteiger partial charge on any atom is 0.222 e. The fourth-order valence-electron chi connectivity index (χ4n) is 3.44. The van der Waals surface area contributed by atoms with Crippen LogP contribution in [-0.4, -0.2) is 56.6 Å². The number of nitrogens with zero attached hydrogens (tertiary/aromatic N) is 2. The quantitative estimate of drug-likeness (QED) is 0.198. The third-order valence-corrected chi connectivity index (χ3v) is 5.14. The molecule has 0 aliphatic carbocycles. The van der Waals surface area contributed by atoms with E-state index in [1.54, 1.807) is 13.4 Å². The molecule has 1 aromatic carbocycles. The Labute approximate surface area is 201 Å². The summed E-state index contributed by atoms with van der Waals surface area (Å²) >= 11 is 0. The number of ether oxygens (including phenoxy) is 1. The van der Waals surface area contributed by atoms with Crippen LogP contribution >= 0.6 is 24.0 Å². The van der Waals surface area contributed by atoms with E-state index < -0.39 is 0 Å². The molecular weight excluding hydrogens is 507 g/mol. The van der Waals surface area contributed by atoms with Crippen molar-refractivity contribution in [3.63, 3.8) is 0 Å². The number of nitrogens with one attached hydrogen (secondary N) is 2. The van der Waals surface area contributed by atoms with E-state index in [2.05, 4.69) is 22.8 Å². The van der Waals surface area contributed by atoms with Gasteiger partial charge in [0.2, 0.25) is 5.91 Å². The summed E-state index contributed by atoms with van der Waals surface area (Å²) < 4.78 is 10.6. The number of carbonyl (C=O) groups excluding carboxylic acids is 1. The van der Waals surface area contributed by atoms with Gasteiger partial charge in [-0.3, -0.25) is 9.79 Å². The average Bonchev–Trinajstić information content (AvgIpc) is 3.43. The highest BCUT2D eigenvalue weighted by atomic mass is 127. The number of halogens is 1. The number of amides is 1. The minimum Gasteiger partial charge on any atom is -0.497 e. The summed E-state index contributed by atoms with van der Waals surface area (Å²) in [6, 6.07) is 12.0. The van der Waals surface area contributed by atoms with E-state index in [0.29, 0.717) is 13.0 Å². The smallest absolute Gasteiger partial charge is 0.222 e. The van der Waals surface area contributed by atoms with E-state index in [-0.39, 0.29) is 29.9 Å². The van der Waals surface area contributed by atoms with Crippen molar-refractivity contribution in [3.8, 4) is 5.75 Å². The summed E-state index contributed by atoms with van der Waals surface area (Å²) in [5, 5.41) is 6.79. The average molecular weight is 540 g/mol. The van der Waals surface area contributed by atoms with Crippen LogP contribution in [0.15, 0.2) is 52.1 Å². The molecule has 3 rings (SSSR count). The fourth-order valence-corrected chi connectivity index (χ4v) is 3.44. The van der Waals surface area contributed by atoms with E-state index in [1.165, 1.54) is 5.56 Å². The van der Waals surface area contributed by atoms with Crippen LogP contribution in [-0.2, 0) is 17.6 Å². The number of benzene rings is 1. The SMILES string of the molecule is COc1ccc(CCNC(=NCCCN2CCCC2=O)NCCc2ccco2)cc1.I. The van der Waals surface area contributed by atoms with Crippen molar-refractivity contribution in [3.05, 3.63) is 54.0 Å². The number of methoxy groups -OCH3 is 1. The molecule has 1 fully saturated rings. The van der Waals surface area contributed by atoms with Gasteiger partial charge in [0.05, 0.1) is 13.4 Å². The van der Waals surface area contributed by atoms with Crippen molar-refractivity contribution >= 4 is 35.8 Å². The highest BCUT2D eigenvalue weighted by Gasteiger charge is 2.18. The number of likely N-dealkylation sites (tertiary alicyclic amines) is 1. The summed E-state index contributed by atoms with van der Waals surface area (Å²) in [4.78, 5) is 18.4. The van der Waals surface area contributed by atoms with Crippen LogP contribution in [0.1, 0.15) is 30.6 Å². The molecule has 1 aliphatic heterocycles. The van der Waals surface area contributed by atoms with Crippen LogP contribution in [0.5, 0.6) is 5.75 Å². The van der Waals surface area contributed by atoms with Crippen molar-refractivity contribution in [2.75, 3.05) is 39.8 Å². The molecular formula is C23H33IN4O3. The van der Waals surface area contributed by atoms with Crippen LogP contribution in [0.4, 0.5) is 0 Å². The first-order valence-electron chi connectivity index (χ1n) is 10.7. The van der Waals surface area contributed by atoms with Crippen LogP contribution in [0.3, 0.4) is 0 Å². The summed E-state index contributed by atoms with van der Waals surface area (Å²) in [5.74, 6) is 2.88. The molecule has 170 valence electrons. The number of furan rings is 1. The molecule has 1 aromatic heterocycles. The second-order valence-electron chi connectivity index (χ2n) is 7.35. The van der Waals surface area contributed by atoms with Gasteiger partial charge in [-0.15, -0.1) is 24.0 Å². The first-order chi connectivity index (χ1) is 14.7. The molecule has 0 saturated carbocycles. The molecule has 0 spiro atoms. The van der Waals surface area contributed by atoms with E-state index in [9.17, 15) is 4.79 Å². The Morgan fingerprint density at radius 3 is 2.58 bits per heavy atom. The second-order valence-corrected chi connectivity index (χ2v) is 7.35. The molecule has 8 heteroatoms. The Kier molecular flexibility index (Phi) is 11.3. The van der Waals surface area contributed by atoms with Crippen molar-refractivity contribution < 1.29 is 13.9 Å². The number of aliphatic imine (C=N–C) groups is 1. The zero-order valence-electron chi connectivity index (χ0n) is 18.1. The van der Waals surface area contributed by atoms with Crippen LogP contribution in [0.25, 0.3) is 0 Å². The van der Waals surface area contributed by atoms with Gasteiger partial charge >= 0.3 is 0 Å². The Balaban J connectivity index is 0.00000341. The van der Waals surface area contributed by atoms with Gasteiger partial charge in [0.15, 0.2) is 5.96 Å². The largest absolute Gasteiger partial charge is 0.497 e. The van der Waals surface area contributed by atoms with E-state index in [0.717, 1.165) is 69.3 Å². The minimum absolute atomic E-state index is 0. The molecule has 2 aromatic rings. The lowest BCUT2D eigenvalue weighted by Crippen LogP contribution is -2.39. The van der Waals surface area contributed by atoms with Crippen molar-refractivity contribution in [1.29, 1.82) is 0 Å². The number of hydrogen-bond acceptors (Lipinski definition) is 4. The molecule has 0 unspecified atom stereocenters. The molecule has 1 amide bonds. The summed E-state index contributed by atoms with van der Waals surface area (Å²) in [7, 11) is 1.67. The van der Waals surface area contributed by atoms with Gasteiger partial charge in [0, 0.05) is 45.6 Å². The van der Waals surface area contributed by atoms with Gasteiger partial charge in [-0.05, 0) is 49.1 Å². The van der Waals surface area contributed by atoms with Gasteiger partial charge in [-0.2, -0.15) is 0 Å². The number of rotatable bonds is 11. The molecule has 0 radical (unpaired) electrons. The van der Waals surface area contributed by atoms with Gasteiger partial charge in [0.1, 0.15) is 11.5 Å². The predicted molar refractivity (Wildman–Crippen MR) is 133 cm³/mol.